The first-order chi connectivity index (χ1) is 14.2. The van der Waals surface area contributed by atoms with Gasteiger partial charge in [-0.1, -0.05) is 12.8 Å². The summed E-state index contributed by atoms with van der Waals surface area (Å²) >= 11 is 0. The lowest BCUT2D eigenvalue weighted by atomic mass is 9.98. The van der Waals surface area contributed by atoms with E-state index in [1.165, 1.54) is 0 Å². The zero-order chi connectivity index (χ0) is 22.1. The van der Waals surface area contributed by atoms with E-state index in [0.29, 0.717) is 25.0 Å². The summed E-state index contributed by atoms with van der Waals surface area (Å²) in [5.74, 6) is -1.51. The number of esters is 1. The maximum absolute atomic E-state index is 12.6. The fourth-order valence-corrected chi connectivity index (χ4v) is 4.59. The number of ketones is 1. The molecule has 2 heterocycles. The van der Waals surface area contributed by atoms with Gasteiger partial charge in [-0.25, -0.2) is 4.79 Å². The van der Waals surface area contributed by atoms with Crippen LogP contribution in [0.1, 0.15) is 60.4 Å². The van der Waals surface area contributed by atoms with Crippen LogP contribution in [0.25, 0.3) is 0 Å². The molecule has 1 N–H and O–H groups in total. The second kappa shape index (κ2) is 8.59. The molecule has 1 aromatic rings. The van der Waals surface area contributed by atoms with Crippen molar-refractivity contribution in [1.29, 1.82) is 0 Å². The van der Waals surface area contributed by atoms with E-state index in [9.17, 15) is 19.2 Å². The van der Waals surface area contributed by atoms with Crippen molar-refractivity contribution in [2.75, 3.05) is 26.9 Å². The Labute approximate surface area is 175 Å². The van der Waals surface area contributed by atoms with Gasteiger partial charge in [0.05, 0.1) is 12.6 Å². The lowest BCUT2D eigenvalue weighted by Gasteiger charge is -2.19. The maximum Gasteiger partial charge on any atom is 0.326 e. The first-order valence-corrected chi connectivity index (χ1v) is 10.2. The first-order valence-electron chi connectivity index (χ1n) is 10.2. The van der Waals surface area contributed by atoms with Gasteiger partial charge in [-0.3, -0.25) is 19.3 Å². The molecule has 2 fully saturated rings. The summed E-state index contributed by atoms with van der Waals surface area (Å²) in [5.41, 5.74) is 1.29. The molecule has 1 saturated carbocycles. The predicted octanol–water partition coefficient (Wildman–Crippen LogP) is 1.90. The number of aryl methyl sites for hydroxylation is 1. The van der Waals surface area contributed by atoms with Crippen LogP contribution < -0.4 is 5.32 Å². The summed E-state index contributed by atoms with van der Waals surface area (Å²) in [6.45, 7) is 5.29. The van der Waals surface area contributed by atoms with Gasteiger partial charge in [-0.05, 0) is 39.7 Å². The second-order valence-corrected chi connectivity index (χ2v) is 8.15. The van der Waals surface area contributed by atoms with E-state index in [-0.39, 0.29) is 17.7 Å². The molecule has 30 heavy (non-hydrogen) atoms. The predicted molar refractivity (Wildman–Crippen MR) is 107 cm³/mol. The number of aromatic nitrogens is 1. The molecule has 3 rings (SSSR count). The summed E-state index contributed by atoms with van der Waals surface area (Å²) in [6, 6.07) is 1.24. The minimum Gasteiger partial charge on any atom is -0.456 e. The highest BCUT2D eigenvalue weighted by Crippen LogP contribution is 2.34. The molecular formula is C21H29N3O6. The van der Waals surface area contributed by atoms with Gasteiger partial charge in [-0.2, -0.15) is 0 Å². The summed E-state index contributed by atoms with van der Waals surface area (Å²) in [7, 11) is 1.62. The number of Topliss-reactive ketones (excluding diaryl/α,β-unsaturated/α-hetero) is 1. The third kappa shape index (κ3) is 3.98. The number of methoxy groups -OCH3 is 1. The molecule has 0 unspecified atom stereocenters. The van der Waals surface area contributed by atoms with E-state index in [4.69, 9.17) is 9.47 Å². The average Bonchev–Trinajstić information content (AvgIpc) is 3.34. The lowest BCUT2D eigenvalue weighted by Crippen LogP contribution is -2.44. The second-order valence-electron chi connectivity index (χ2n) is 8.15. The number of rotatable bonds is 8. The van der Waals surface area contributed by atoms with Gasteiger partial charge < -0.3 is 19.4 Å². The Morgan fingerprint density at radius 2 is 1.90 bits per heavy atom. The summed E-state index contributed by atoms with van der Waals surface area (Å²) in [6.07, 6.45) is 2.89. The number of ether oxygens (including phenoxy) is 2. The van der Waals surface area contributed by atoms with Crippen LogP contribution in [0.5, 0.6) is 0 Å². The Bertz CT molecular complexity index is 868. The minimum absolute atomic E-state index is 0.0571. The molecule has 9 nitrogen and oxygen atoms in total. The Morgan fingerprint density at radius 3 is 2.53 bits per heavy atom. The van der Waals surface area contributed by atoms with Gasteiger partial charge in [-0.15, -0.1) is 0 Å². The summed E-state index contributed by atoms with van der Waals surface area (Å²) in [4.78, 5) is 50.4. The first kappa shape index (κ1) is 22.0. The Balaban J connectivity index is 1.59. The van der Waals surface area contributed by atoms with Crippen LogP contribution in [-0.2, 0) is 19.1 Å². The molecule has 1 saturated heterocycles. The highest BCUT2D eigenvalue weighted by Gasteiger charge is 2.52. The van der Waals surface area contributed by atoms with E-state index in [1.807, 2.05) is 25.3 Å². The van der Waals surface area contributed by atoms with Gasteiger partial charge in [0.15, 0.2) is 6.61 Å². The molecule has 1 aliphatic heterocycles. The van der Waals surface area contributed by atoms with Crippen LogP contribution in [0.3, 0.4) is 0 Å². The molecule has 1 aromatic heterocycles. The van der Waals surface area contributed by atoms with E-state index >= 15 is 0 Å². The van der Waals surface area contributed by atoms with E-state index in [2.05, 4.69) is 5.32 Å². The van der Waals surface area contributed by atoms with Gasteiger partial charge >= 0.3 is 12.0 Å². The van der Waals surface area contributed by atoms with Crippen LogP contribution in [0, 0.1) is 13.8 Å². The maximum atomic E-state index is 12.6. The molecule has 3 amide bonds. The smallest absolute Gasteiger partial charge is 0.326 e. The molecule has 1 atom stereocenters. The molecular weight excluding hydrogens is 390 g/mol. The van der Waals surface area contributed by atoms with Crippen molar-refractivity contribution in [3.8, 4) is 0 Å². The van der Waals surface area contributed by atoms with Crippen LogP contribution in [0.2, 0.25) is 0 Å². The average molecular weight is 419 g/mol. The van der Waals surface area contributed by atoms with Gasteiger partial charge in [0, 0.05) is 24.1 Å². The third-order valence-electron chi connectivity index (χ3n) is 5.99. The fraction of sp³-hybridized carbons (Fsp3) is 0.619. The number of imide groups is 1. The molecule has 0 aromatic carbocycles. The molecule has 2 aliphatic rings. The van der Waals surface area contributed by atoms with Gasteiger partial charge in [0.25, 0.3) is 5.91 Å². The number of hydrogen-bond acceptors (Lipinski definition) is 6. The molecule has 164 valence electrons. The molecule has 9 heteroatoms. The number of carbonyl (C=O) groups excluding carboxylic acids is 4. The molecule has 0 radical (unpaired) electrons. The highest BCUT2D eigenvalue weighted by molar-refractivity contribution is 6.09. The van der Waals surface area contributed by atoms with Crippen LogP contribution in [0.15, 0.2) is 6.07 Å². The number of amides is 3. The molecule has 1 aliphatic carbocycles. The third-order valence-corrected chi connectivity index (χ3v) is 5.99. The highest BCUT2D eigenvalue weighted by atomic mass is 16.5. The number of hydrogen-bond donors (Lipinski definition) is 1. The number of nitrogens with zero attached hydrogens (tertiary/aromatic N) is 2. The minimum atomic E-state index is -0.871. The van der Waals surface area contributed by atoms with E-state index < -0.39 is 30.7 Å². The van der Waals surface area contributed by atoms with Crippen LogP contribution in [-0.4, -0.2) is 65.6 Å². The Hall–Kier alpha value is -2.68. The summed E-state index contributed by atoms with van der Waals surface area (Å²) in [5, 5.41) is 2.71. The van der Waals surface area contributed by atoms with Gasteiger partial charge in [0.2, 0.25) is 5.78 Å². The van der Waals surface area contributed by atoms with E-state index in [0.717, 1.165) is 29.1 Å². The molecule has 0 bridgehead atoms. The van der Waals surface area contributed by atoms with Crippen molar-refractivity contribution in [2.24, 2.45) is 0 Å². The van der Waals surface area contributed by atoms with Crippen LogP contribution in [0.4, 0.5) is 4.79 Å². The Morgan fingerprint density at radius 1 is 1.23 bits per heavy atom. The van der Waals surface area contributed by atoms with Crippen molar-refractivity contribution in [3.63, 3.8) is 0 Å². The zero-order valence-corrected chi connectivity index (χ0v) is 17.9. The van der Waals surface area contributed by atoms with Crippen molar-refractivity contribution in [3.05, 3.63) is 23.0 Å². The SMILES string of the molecule is COC[C@@H](C)n1c(C)cc(C(=O)COC(=O)CN2C(=O)NC3(CCCC3)C2=O)c1C. The number of carbonyl (C=O) groups is 4. The quantitative estimate of drug-likeness (QED) is 0.392. The van der Waals surface area contributed by atoms with Crippen LogP contribution >= 0.6 is 0 Å². The van der Waals surface area contributed by atoms with Crippen molar-refractivity contribution in [2.45, 2.75) is 58.0 Å². The lowest BCUT2D eigenvalue weighted by molar-refractivity contribution is -0.146. The zero-order valence-electron chi connectivity index (χ0n) is 17.9. The normalized spacial score (nSPS) is 18.7. The largest absolute Gasteiger partial charge is 0.456 e. The fourth-order valence-electron chi connectivity index (χ4n) is 4.59. The standard InChI is InChI=1S/C21H29N3O6/c1-13-9-16(15(3)24(13)14(2)11-29-4)17(25)12-30-18(26)10-23-19(27)21(22-20(23)28)7-5-6-8-21/h9,14H,5-8,10-12H2,1-4H3,(H,22,28)/t14-/m1/s1. The van der Waals surface area contributed by atoms with Gasteiger partial charge in [0.1, 0.15) is 12.1 Å². The van der Waals surface area contributed by atoms with Crippen molar-refractivity contribution in [1.82, 2.24) is 14.8 Å². The topological polar surface area (TPSA) is 107 Å². The molecule has 1 spiro atoms. The number of urea groups is 1. The Kier molecular flexibility index (Phi) is 6.30. The summed E-state index contributed by atoms with van der Waals surface area (Å²) < 4.78 is 12.3. The van der Waals surface area contributed by atoms with Crippen molar-refractivity contribution >= 4 is 23.7 Å². The number of nitrogens with one attached hydrogen (secondary N) is 1. The van der Waals surface area contributed by atoms with Crippen molar-refractivity contribution < 1.29 is 28.7 Å². The monoisotopic (exact) mass is 419 g/mol. The van der Waals surface area contributed by atoms with E-state index in [1.54, 1.807) is 13.2 Å².